The molecule has 0 bridgehead atoms. The zero-order chi connectivity index (χ0) is 12.1. The average Bonchev–Trinajstić information content (AvgIpc) is 2.32. The highest BCUT2D eigenvalue weighted by atomic mass is 15.1. The Morgan fingerprint density at radius 1 is 1.41 bits per heavy atom. The topological polar surface area (TPSA) is 28.2 Å². The summed E-state index contributed by atoms with van der Waals surface area (Å²) in [4.78, 5) is 6.97. The van der Waals surface area contributed by atoms with Crippen molar-refractivity contribution in [3.8, 4) is 0 Å². The molecule has 0 fully saturated rings. The minimum atomic E-state index is 0.888. The lowest BCUT2D eigenvalue weighted by atomic mass is 10.1. The van der Waals surface area contributed by atoms with Gasteiger partial charge < -0.3 is 5.32 Å². The van der Waals surface area contributed by atoms with E-state index < -0.39 is 0 Å². The summed E-state index contributed by atoms with van der Waals surface area (Å²) in [6.07, 6.45) is 5.47. The van der Waals surface area contributed by atoms with Gasteiger partial charge in [0.25, 0.3) is 0 Å². The summed E-state index contributed by atoms with van der Waals surface area (Å²) in [5.41, 5.74) is 3.88. The molecule has 0 atom stereocenters. The SMILES string of the molecule is CNCc1ccc(CN2CCC=C(C)C2)nc1. The number of rotatable bonds is 4. The van der Waals surface area contributed by atoms with E-state index >= 15 is 0 Å². The monoisotopic (exact) mass is 231 g/mol. The summed E-state index contributed by atoms with van der Waals surface area (Å²) < 4.78 is 0. The average molecular weight is 231 g/mol. The third kappa shape index (κ3) is 3.65. The Labute approximate surface area is 104 Å². The molecule has 1 aromatic rings. The molecule has 0 saturated heterocycles. The second-order valence-corrected chi connectivity index (χ2v) is 4.74. The first-order valence-electron chi connectivity index (χ1n) is 6.24. The highest BCUT2D eigenvalue weighted by molar-refractivity contribution is 5.14. The summed E-state index contributed by atoms with van der Waals surface area (Å²) in [5, 5.41) is 3.13. The fourth-order valence-electron chi connectivity index (χ4n) is 2.21. The van der Waals surface area contributed by atoms with E-state index in [1.807, 2.05) is 13.2 Å². The summed E-state index contributed by atoms with van der Waals surface area (Å²) >= 11 is 0. The Morgan fingerprint density at radius 2 is 2.29 bits per heavy atom. The van der Waals surface area contributed by atoms with Crippen LogP contribution in [0.3, 0.4) is 0 Å². The summed E-state index contributed by atoms with van der Waals surface area (Å²) in [6, 6.07) is 4.30. The first kappa shape index (κ1) is 12.3. The first-order valence-corrected chi connectivity index (χ1v) is 6.24. The fourth-order valence-corrected chi connectivity index (χ4v) is 2.21. The molecule has 0 aromatic carbocycles. The third-order valence-corrected chi connectivity index (χ3v) is 3.06. The maximum atomic E-state index is 4.52. The lowest BCUT2D eigenvalue weighted by molar-refractivity contribution is 0.279. The molecule has 1 aliphatic rings. The predicted molar refractivity (Wildman–Crippen MR) is 70.7 cm³/mol. The lowest BCUT2D eigenvalue weighted by Gasteiger charge is -2.25. The maximum absolute atomic E-state index is 4.52. The molecule has 1 aromatic heterocycles. The fraction of sp³-hybridized carbons (Fsp3) is 0.500. The highest BCUT2D eigenvalue weighted by Gasteiger charge is 2.10. The first-order chi connectivity index (χ1) is 8.28. The maximum Gasteiger partial charge on any atom is 0.0544 e. The van der Waals surface area contributed by atoms with E-state index in [0.717, 1.165) is 26.2 Å². The molecule has 17 heavy (non-hydrogen) atoms. The van der Waals surface area contributed by atoms with Crippen molar-refractivity contribution in [2.45, 2.75) is 26.4 Å². The Bertz CT molecular complexity index is 381. The number of aromatic nitrogens is 1. The Kier molecular flexibility index (Phi) is 4.29. The molecule has 0 saturated carbocycles. The Hall–Kier alpha value is -1.19. The van der Waals surface area contributed by atoms with Crippen LogP contribution in [0, 0.1) is 0 Å². The van der Waals surface area contributed by atoms with Crippen LogP contribution in [0.1, 0.15) is 24.6 Å². The number of nitrogens with one attached hydrogen (secondary N) is 1. The third-order valence-electron chi connectivity index (χ3n) is 3.06. The molecule has 92 valence electrons. The van der Waals surface area contributed by atoms with Gasteiger partial charge in [-0.2, -0.15) is 0 Å². The van der Waals surface area contributed by atoms with Crippen LogP contribution in [-0.2, 0) is 13.1 Å². The molecule has 0 aliphatic carbocycles. The van der Waals surface area contributed by atoms with Gasteiger partial charge in [-0.1, -0.05) is 17.7 Å². The summed E-state index contributed by atoms with van der Waals surface area (Å²) in [6.45, 7) is 6.29. The molecule has 0 radical (unpaired) electrons. The van der Waals surface area contributed by atoms with Gasteiger partial charge in [0, 0.05) is 32.4 Å². The van der Waals surface area contributed by atoms with Crippen LogP contribution in [0.25, 0.3) is 0 Å². The van der Waals surface area contributed by atoms with Crippen LogP contribution < -0.4 is 5.32 Å². The minimum Gasteiger partial charge on any atom is -0.316 e. The van der Waals surface area contributed by atoms with Crippen molar-refractivity contribution >= 4 is 0 Å². The van der Waals surface area contributed by atoms with Gasteiger partial charge in [-0.25, -0.2) is 0 Å². The molecule has 2 rings (SSSR count). The number of pyridine rings is 1. The van der Waals surface area contributed by atoms with E-state index in [0.29, 0.717) is 0 Å². The van der Waals surface area contributed by atoms with Crippen LogP contribution in [0.5, 0.6) is 0 Å². The predicted octanol–water partition coefficient (Wildman–Crippen LogP) is 1.95. The standard InChI is InChI=1S/C14H21N3/c1-12-4-3-7-17(10-12)11-14-6-5-13(8-15-2)9-16-14/h4-6,9,15H,3,7-8,10-11H2,1-2H3. The lowest BCUT2D eigenvalue weighted by Crippen LogP contribution is -2.29. The largest absolute Gasteiger partial charge is 0.316 e. The van der Waals surface area contributed by atoms with Crippen LogP contribution in [0.2, 0.25) is 0 Å². The normalized spacial score (nSPS) is 16.9. The molecule has 0 unspecified atom stereocenters. The van der Waals surface area contributed by atoms with E-state index in [1.165, 1.54) is 23.3 Å². The van der Waals surface area contributed by atoms with E-state index in [4.69, 9.17) is 0 Å². The van der Waals surface area contributed by atoms with E-state index in [9.17, 15) is 0 Å². The molecule has 3 heteroatoms. The van der Waals surface area contributed by atoms with Gasteiger partial charge >= 0.3 is 0 Å². The van der Waals surface area contributed by atoms with E-state index in [2.05, 4.69) is 40.3 Å². The van der Waals surface area contributed by atoms with E-state index in [1.54, 1.807) is 0 Å². The van der Waals surface area contributed by atoms with Crippen LogP contribution >= 0.6 is 0 Å². The minimum absolute atomic E-state index is 0.888. The molecule has 0 amide bonds. The number of nitrogens with zero attached hydrogens (tertiary/aromatic N) is 2. The van der Waals surface area contributed by atoms with Gasteiger partial charge in [0.2, 0.25) is 0 Å². The number of hydrogen-bond donors (Lipinski definition) is 1. The molecular formula is C14H21N3. The molecule has 3 nitrogen and oxygen atoms in total. The van der Waals surface area contributed by atoms with Crippen molar-refractivity contribution in [2.24, 2.45) is 0 Å². The van der Waals surface area contributed by atoms with Crippen molar-refractivity contribution in [1.29, 1.82) is 0 Å². The quantitative estimate of drug-likeness (QED) is 0.803. The highest BCUT2D eigenvalue weighted by Crippen LogP contribution is 2.12. The van der Waals surface area contributed by atoms with Gasteiger partial charge in [-0.3, -0.25) is 9.88 Å². The molecule has 0 spiro atoms. The van der Waals surface area contributed by atoms with Crippen LogP contribution in [0.15, 0.2) is 30.0 Å². The molecular weight excluding hydrogens is 210 g/mol. The van der Waals surface area contributed by atoms with Crippen molar-refractivity contribution in [3.63, 3.8) is 0 Å². The van der Waals surface area contributed by atoms with Gasteiger partial charge in [-0.05, 0) is 32.0 Å². The second-order valence-electron chi connectivity index (χ2n) is 4.74. The van der Waals surface area contributed by atoms with Crippen molar-refractivity contribution in [2.75, 3.05) is 20.1 Å². The second kappa shape index (κ2) is 5.94. The summed E-state index contributed by atoms with van der Waals surface area (Å²) in [7, 11) is 1.96. The van der Waals surface area contributed by atoms with Gasteiger partial charge in [0.05, 0.1) is 5.69 Å². The molecule has 2 heterocycles. The van der Waals surface area contributed by atoms with Crippen molar-refractivity contribution in [3.05, 3.63) is 41.2 Å². The zero-order valence-electron chi connectivity index (χ0n) is 10.7. The van der Waals surface area contributed by atoms with Crippen molar-refractivity contribution < 1.29 is 0 Å². The molecule has 1 aliphatic heterocycles. The zero-order valence-corrected chi connectivity index (χ0v) is 10.7. The van der Waals surface area contributed by atoms with Gasteiger partial charge in [0.15, 0.2) is 0 Å². The van der Waals surface area contributed by atoms with E-state index in [-0.39, 0.29) is 0 Å². The molecule has 1 N–H and O–H groups in total. The Morgan fingerprint density at radius 3 is 2.94 bits per heavy atom. The number of hydrogen-bond acceptors (Lipinski definition) is 3. The van der Waals surface area contributed by atoms with Crippen LogP contribution in [-0.4, -0.2) is 30.0 Å². The smallest absolute Gasteiger partial charge is 0.0544 e. The van der Waals surface area contributed by atoms with Crippen molar-refractivity contribution in [1.82, 2.24) is 15.2 Å². The summed E-state index contributed by atoms with van der Waals surface area (Å²) in [5.74, 6) is 0. The Balaban J connectivity index is 1.92. The van der Waals surface area contributed by atoms with Crippen LogP contribution in [0.4, 0.5) is 0 Å². The van der Waals surface area contributed by atoms with Gasteiger partial charge in [-0.15, -0.1) is 0 Å². The van der Waals surface area contributed by atoms with Gasteiger partial charge in [0.1, 0.15) is 0 Å².